The maximum atomic E-state index is 14.1. The first-order valence-corrected chi connectivity index (χ1v) is 18.3. The lowest BCUT2D eigenvalue weighted by atomic mass is 9.73. The molecule has 4 aromatic carbocycles. The van der Waals surface area contributed by atoms with Gasteiger partial charge in [-0.15, -0.1) is 0 Å². The van der Waals surface area contributed by atoms with Gasteiger partial charge in [0, 0.05) is 5.56 Å². The van der Waals surface area contributed by atoms with Crippen molar-refractivity contribution in [1.29, 1.82) is 0 Å². The van der Waals surface area contributed by atoms with Gasteiger partial charge in [0.1, 0.15) is 14.4 Å². The summed E-state index contributed by atoms with van der Waals surface area (Å²) in [7, 11) is -2.44. The van der Waals surface area contributed by atoms with Crippen molar-refractivity contribution in [1.82, 2.24) is 0 Å². The van der Waals surface area contributed by atoms with E-state index in [1.165, 1.54) is 39.1 Å². The average molecular weight is 626 g/mol. The predicted octanol–water partition coefficient (Wildman–Crippen LogP) is 11.9. The van der Waals surface area contributed by atoms with Gasteiger partial charge in [-0.05, 0) is 105 Å². The van der Waals surface area contributed by atoms with E-state index >= 15 is 0 Å². The zero-order valence-corrected chi connectivity index (χ0v) is 30.1. The Morgan fingerprint density at radius 3 is 1.93 bits per heavy atom. The van der Waals surface area contributed by atoms with Gasteiger partial charge in [0.15, 0.2) is 0 Å². The molecule has 0 saturated heterocycles. The van der Waals surface area contributed by atoms with E-state index in [4.69, 9.17) is 9.05 Å². The Hall–Kier alpha value is -2.45. The van der Waals surface area contributed by atoms with E-state index in [0.29, 0.717) is 5.75 Å². The van der Waals surface area contributed by atoms with Crippen LogP contribution >= 0.6 is 8.60 Å². The van der Waals surface area contributed by atoms with Crippen LogP contribution in [0, 0.1) is 0 Å². The Bertz CT molecular complexity index is 1640. The smallest absolute Gasteiger partial charge is 0.148 e. The van der Waals surface area contributed by atoms with Crippen molar-refractivity contribution in [3.8, 4) is 5.75 Å². The van der Waals surface area contributed by atoms with Gasteiger partial charge in [0.05, 0.1) is 5.60 Å². The quantitative estimate of drug-likeness (QED) is 0.156. The first-order valence-electron chi connectivity index (χ1n) is 17.2. The molecule has 5 rings (SSSR count). The lowest BCUT2D eigenvalue weighted by molar-refractivity contribution is -0.210. The first kappa shape index (κ1) is 33.9. The zero-order valence-electron chi connectivity index (χ0n) is 29.2. The number of hydrogen-bond donors (Lipinski definition) is 0. The van der Waals surface area contributed by atoms with Crippen LogP contribution in [0.15, 0.2) is 66.7 Å². The summed E-state index contributed by atoms with van der Waals surface area (Å²) in [6, 6.07) is 24.2. The maximum absolute atomic E-state index is 14.1. The van der Waals surface area contributed by atoms with E-state index in [0.717, 1.165) is 56.1 Å². The van der Waals surface area contributed by atoms with Crippen molar-refractivity contribution in [2.75, 3.05) is 0 Å². The van der Waals surface area contributed by atoms with Gasteiger partial charge in [0.25, 0.3) is 0 Å². The molecule has 4 heteroatoms. The van der Waals surface area contributed by atoms with Crippen molar-refractivity contribution < 1.29 is 13.9 Å². The molecule has 0 aliphatic heterocycles. The molecule has 1 aliphatic rings. The van der Waals surface area contributed by atoms with Crippen LogP contribution in [0.5, 0.6) is 5.75 Å². The van der Waals surface area contributed by atoms with Gasteiger partial charge in [-0.3, -0.25) is 0 Å². The molecule has 0 radical (unpaired) electrons. The van der Waals surface area contributed by atoms with Crippen molar-refractivity contribution in [2.45, 2.75) is 136 Å². The molecule has 0 aromatic heterocycles. The summed E-state index contributed by atoms with van der Waals surface area (Å²) in [4.78, 5) is 14.1. The third kappa shape index (κ3) is 6.83. The van der Waals surface area contributed by atoms with Gasteiger partial charge in [-0.1, -0.05) is 130 Å². The molecule has 4 aromatic rings. The molecule has 0 heterocycles. The molecule has 45 heavy (non-hydrogen) atoms. The minimum atomic E-state index is -2.44. The van der Waals surface area contributed by atoms with Crippen LogP contribution in [0.1, 0.15) is 136 Å². The van der Waals surface area contributed by atoms with Gasteiger partial charge in [-0.25, -0.2) is 0 Å². The van der Waals surface area contributed by atoms with E-state index < -0.39 is 14.2 Å². The molecule has 0 spiro atoms. The highest BCUT2D eigenvalue weighted by atomic mass is 31.2. The molecule has 0 amide bonds. The normalized spacial score (nSPS) is 16.7. The Kier molecular flexibility index (Phi) is 9.78. The van der Waals surface area contributed by atoms with Gasteiger partial charge >= 0.3 is 0 Å². The Morgan fingerprint density at radius 2 is 1.29 bits per heavy atom. The lowest BCUT2D eigenvalue weighted by Crippen LogP contribution is -2.33. The summed E-state index contributed by atoms with van der Waals surface area (Å²) < 4.78 is 13.1. The molecule has 1 aliphatic carbocycles. The third-order valence-corrected chi connectivity index (χ3v) is 12.1. The van der Waals surface area contributed by atoms with Gasteiger partial charge < -0.3 is 13.9 Å². The Balaban J connectivity index is 1.60. The maximum Gasteiger partial charge on any atom is 0.148 e. The molecule has 0 N–H and O–H groups in total. The van der Waals surface area contributed by atoms with E-state index in [1.54, 1.807) is 0 Å². The summed E-state index contributed by atoms with van der Waals surface area (Å²) in [6.45, 7) is 20.6. The van der Waals surface area contributed by atoms with E-state index in [1.807, 2.05) is 0 Å². The molecular formula is C41H54O3P-. The van der Waals surface area contributed by atoms with E-state index in [2.05, 4.69) is 129 Å². The summed E-state index contributed by atoms with van der Waals surface area (Å²) >= 11 is 0. The number of rotatable bonds is 11. The van der Waals surface area contributed by atoms with Crippen LogP contribution in [0.4, 0.5) is 0 Å². The monoisotopic (exact) mass is 625 g/mol. The van der Waals surface area contributed by atoms with Gasteiger partial charge in [0.2, 0.25) is 0 Å². The predicted molar refractivity (Wildman–Crippen MR) is 191 cm³/mol. The number of benzene rings is 4. The van der Waals surface area contributed by atoms with Crippen molar-refractivity contribution in [3.05, 3.63) is 89.0 Å². The van der Waals surface area contributed by atoms with Crippen LogP contribution < -0.4 is 9.42 Å². The minimum absolute atomic E-state index is 0.0297. The number of fused-ring (bicyclic) bond motifs is 2. The molecule has 1 unspecified atom stereocenters. The van der Waals surface area contributed by atoms with Crippen molar-refractivity contribution >= 4 is 30.1 Å². The van der Waals surface area contributed by atoms with Crippen LogP contribution in [0.2, 0.25) is 0 Å². The highest BCUT2D eigenvalue weighted by Crippen LogP contribution is 2.51. The largest absolute Gasteiger partial charge is 0.776 e. The molecule has 242 valence electrons. The van der Waals surface area contributed by atoms with Crippen molar-refractivity contribution in [3.63, 3.8) is 0 Å². The lowest BCUT2D eigenvalue weighted by Gasteiger charge is -2.42. The minimum Gasteiger partial charge on any atom is -0.776 e. The summed E-state index contributed by atoms with van der Waals surface area (Å²) in [5.41, 5.74) is 4.11. The van der Waals surface area contributed by atoms with Crippen LogP contribution in [0.25, 0.3) is 21.5 Å². The van der Waals surface area contributed by atoms with Crippen LogP contribution in [0.3, 0.4) is 0 Å². The second-order valence-corrected chi connectivity index (χ2v) is 16.1. The standard InChI is InChI=1S/C41H54O3P/c1-10-38(4,5)33-25-31-26-36(40(8,9)12-3)37(28-34(31)35(27-33)39(6,7)11-2)43-45(42)44-41(22-16-13-17-23-41)32-21-20-29-18-14-15-19-30(29)24-32/h14-15,18-21,24-28H,10-13,16-17,22-23H2,1-9H3/q-1. The first-order chi connectivity index (χ1) is 21.2. The molecule has 0 bridgehead atoms. The third-order valence-electron chi connectivity index (χ3n) is 11.3. The SMILES string of the molecule is CCC(C)(C)c1cc(C(C)(C)CC)c2cc(OP([O-])OC3(c4ccc5ccccc5c4)CCCCC3)c(C(C)(C)CC)cc2c1. The number of hydrogen-bond acceptors (Lipinski definition) is 3. The zero-order chi connectivity index (χ0) is 32.6. The van der Waals surface area contributed by atoms with Crippen LogP contribution in [-0.2, 0) is 26.4 Å². The van der Waals surface area contributed by atoms with Gasteiger partial charge in [-0.2, -0.15) is 0 Å². The fraction of sp³-hybridized carbons (Fsp3) is 0.512. The topological polar surface area (TPSA) is 41.5 Å². The second kappa shape index (κ2) is 13.0. The summed E-state index contributed by atoms with van der Waals surface area (Å²) in [6.07, 6.45) is 7.96. The van der Waals surface area contributed by atoms with E-state index in [-0.39, 0.29) is 16.2 Å². The molecule has 3 nitrogen and oxygen atoms in total. The summed E-state index contributed by atoms with van der Waals surface area (Å²) in [5.74, 6) is 0.676. The summed E-state index contributed by atoms with van der Waals surface area (Å²) in [5, 5.41) is 4.78. The van der Waals surface area contributed by atoms with Crippen molar-refractivity contribution in [2.24, 2.45) is 0 Å². The average Bonchev–Trinajstić information content (AvgIpc) is 3.03. The van der Waals surface area contributed by atoms with E-state index in [9.17, 15) is 4.89 Å². The molecule has 1 fully saturated rings. The Morgan fingerprint density at radius 1 is 0.667 bits per heavy atom. The van der Waals surface area contributed by atoms with Crippen LogP contribution in [-0.4, -0.2) is 0 Å². The highest BCUT2D eigenvalue weighted by Gasteiger charge is 2.37. The molecular weight excluding hydrogens is 571 g/mol. The highest BCUT2D eigenvalue weighted by molar-refractivity contribution is 7.39. The molecule has 1 saturated carbocycles. The molecule has 1 atom stereocenters. The Labute approximate surface area is 273 Å². The second-order valence-electron chi connectivity index (χ2n) is 15.3. The fourth-order valence-electron chi connectivity index (χ4n) is 6.80. The fourth-order valence-corrected chi connectivity index (χ4v) is 7.72.